The second-order valence-corrected chi connectivity index (χ2v) is 5.01. The smallest absolute Gasteiger partial charge is 0.101 e. The standard InChI is InChI=1S/C18H21N3/c1-4-21(5-2)17-9-7-16(8-10-17)20-18-11-6-14(3)12-15(18)13-19/h6-12,20H,4-5H2,1-3H3. The van der Waals surface area contributed by atoms with Crippen molar-refractivity contribution in [1.82, 2.24) is 0 Å². The van der Waals surface area contributed by atoms with Crippen molar-refractivity contribution in [2.75, 3.05) is 23.3 Å². The summed E-state index contributed by atoms with van der Waals surface area (Å²) in [6, 6.07) is 16.4. The SMILES string of the molecule is CCN(CC)c1ccc(Nc2ccc(C)cc2C#N)cc1. The van der Waals surface area contributed by atoms with Crippen molar-refractivity contribution in [3.05, 3.63) is 53.6 Å². The van der Waals surface area contributed by atoms with Gasteiger partial charge in [0, 0.05) is 24.5 Å². The Morgan fingerprint density at radius 2 is 1.71 bits per heavy atom. The van der Waals surface area contributed by atoms with Gasteiger partial charge in [0.15, 0.2) is 0 Å². The van der Waals surface area contributed by atoms with E-state index in [2.05, 4.69) is 54.4 Å². The fourth-order valence-corrected chi connectivity index (χ4v) is 2.36. The van der Waals surface area contributed by atoms with Crippen molar-refractivity contribution in [1.29, 1.82) is 5.26 Å². The topological polar surface area (TPSA) is 39.1 Å². The summed E-state index contributed by atoms with van der Waals surface area (Å²) in [7, 11) is 0. The zero-order valence-corrected chi connectivity index (χ0v) is 12.9. The van der Waals surface area contributed by atoms with Crippen LogP contribution in [0.2, 0.25) is 0 Å². The molecule has 0 bridgehead atoms. The van der Waals surface area contributed by atoms with E-state index in [1.54, 1.807) is 0 Å². The molecule has 2 aromatic carbocycles. The Morgan fingerprint density at radius 3 is 2.29 bits per heavy atom. The van der Waals surface area contributed by atoms with Gasteiger partial charge in [0.2, 0.25) is 0 Å². The highest BCUT2D eigenvalue weighted by molar-refractivity contribution is 5.68. The number of hydrogen-bond acceptors (Lipinski definition) is 3. The molecule has 0 aliphatic heterocycles. The van der Waals surface area contributed by atoms with Gasteiger partial charge in [0.05, 0.1) is 11.3 Å². The van der Waals surface area contributed by atoms with Gasteiger partial charge in [-0.25, -0.2) is 0 Å². The molecule has 0 heterocycles. The fraction of sp³-hybridized carbons (Fsp3) is 0.278. The van der Waals surface area contributed by atoms with Gasteiger partial charge in [-0.15, -0.1) is 0 Å². The highest BCUT2D eigenvalue weighted by Gasteiger charge is 2.04. The predicted octanol–water partition coefficient (Wildman–Crippen LogP) is 4.46. The zero-order valence-electron chi connectivity index (χ0n) is 12.9. The number of benzene rings is 2. The summed E-state index contributed by atoms with van der Waals surface area (Å²) >= 11 is 0. The molecule has 2 aromatic rings. The van der Waals surface area contributed by atoms with E-state index in [-0.39, 0.29) is 0 Å². The number of nitrogens with zero attached hydrogens (tertiary/aromatic N) is 2. The molecule has 3 heteroatoms. The molecule has 2 rings (SSSR count). The first-order chi connectivity index (χ1) is 10.2. The first-order valence-electron chi connectivity index (χ1n) is 7.30. The van der Waals surface area contributed by atoms with Crippen LogP contribution in [0.3, 0.4) is 0 Å². The van der Waals surface area contributed by atoms with Gasteiger partial charge in [-0.1, -0.05) is 6.07 Å². The number of nitriles is 1. The Labute approximate surface area is 126 Å². The first-order valence-corrected chi connectivity index (χ1v) is 7.30. The molecule has 0 aromatic heterocycles. The second kappa shape index (κ2) is 6.81. The second-order valence-electron chi connectivity index (χ2n) is 5.01. The molecule has 0 radical (unpaired) electrons. The lowest BCUT2D eigenvalue weighted by atomic mass is 10.1. The Balaban J connectivity index is 2.19. The molecule has 21 heavy (non-hydrogen) atoms. The Bertz CT molecular complexity index is 635. The third-order valence-electron chi connectivity index (χ3n) is 3.57. The molecule has 0 saturated heterocycles. The molecule has 0 spiro atoms. The minimum absolute atomic E-state index is 0.669. The molecule has 0 amide bonds. The lowest BCUT2D eigenvalue weighted by molar-refractivity contribution is 0.866. The third-order valence-corrected chi connectivity index (χ3v) is 3.57. The largest absolute Gasteiger partial charge is 0.372 e. The number of nitrogens with one attached hydrogen (secondary N) is 1. The summed E-state index contributed by atoms with van der Waals surface area (Å²) in [4.78, 5) is 2.30. The van der Waals surface area contributed by atoms with Crippen LogP contribution in [0.5, 0.6) is 0 Å². The lowest BCUT2D eigenvalue weighted by Gasteiger charge is -2.21. The highest BCUT2D eigenvalue weighted by Crippen LogP contribution is 2.24. The van der Waals surface area contributed by atoms with Gasteiger partial charge in [-0.3, -0.25) is 0 Å². The van der Waals surface area contributed by atoms with Gasteiger partial charge >= 0.3 is 0 Å². The third kappa shape index (κ3) is 3.55. The summed E-state index contributed by atoms with van der Waals surface area (Å²) in [5.41, 5.74) is 4.82. The number of aryl methyl sites for hydroxylation is 1. The van der Waals surface area contributed by atoms with Crippen LogP contribution < -0.4 is 10.2 Å². The Morgan fingerprint density at radius 1 is 1.05 bits per heavy atom. The quantitative estimate of drug-likeness (QED) is 0.878. The van der Waals surface area contributed by atoms with Crippen molar-refractivity contribution in [3.63, 3.8) is 0 Å². The van der Waals surface area contributed by atoms with E-state index in [4.69, 9.17) is 0 Å². The van der Waals surface area contributed by atoms with Gasteiger partial charge < -0.3 is 10.2 Å². The monoisotopic (exact) mass is 279 g/mol. The van der Waals surface area contributed by atoms with E-state index in [1.807, 2.05) is 25.1 Å². The van der Waals surface area contributed by atoms with Gasteiger partial charge in [-0.05, 0) is 62.7 Å². The van der Waals surface area contributed by atoms with E-state index in [0.717, 1.165) is 30.0 Å². The van der Waals surface area contributed by atoms with Crippen LogP contribution in [0.1, 0.15) is 25.0 Å². The molecule has 0 saturated carbocycles. The molecule has 0 atom stereocenters. The van der Waals surface area contributed by atoms with E-state index in [0.29, 0.717) is 5.56 Å². The number of hydrogen-bond donors (Lipinski definition) is 1. The van der Waals surface area contributed by atoms with Crippen molar-refractivity contribution in [2.24, 2.45) is 0 Å². The van der Waals surface area contributed by atoms with E-state index in [1.165, 1.54) is 5.69 Å². The van der Waals surface area contributed by atoms with Gasteiger partial charge in [-0.2, -0.15) is 5.26 Å². The maximum absolute atomic E-state index is 9.20. The van der Waals surface area contributed by atoms with E-state index in [9.17, 15) is 5.26 Å². The molecule has 1 N–H and O–H groups in total. The van der Waals surface area contributed by atoms with E-state index >= 15 is 0 Å². The molecule has 108 valence electrons. The summed E-state index contributed by atoms with van der Waals surface area (Å²) in [6.07, 6.45) is 0. The van der Waals surface area contributed by atoms with E-state index < -0.39 is 0 Å². The molecule has 0 unspecified atom stereocenters. The normalized spacial score (nSPS) is 10.0. The molecule has 3 nitrogen and oxygen atoms in total. The number of rotatable bonds is 5. The van der Waals surface area contributed by atoms with Crippen LogP contribution in [0.15, 0.2) is 42.5 Å². The molecular formula is C18H21N3. The van der Waals surface area contributed by atoms with Crippen LogP contribution in [-0.2, 0) is 0 Å². The average Bonchev–Trinajstić information content (AvgIpc) is 2.52. The molecular weight excluding hydrogens is 258 g/mol. The Kier molecular flexibility index (Phi) is 4.84. The van der Waals surface area contributed by atoms with Crippen molar-refractivity contribution >= 4 is 17.1 Å². The van der Waals surface area contributed by atoms with Gasteiger partial charge in [0.1, 0.15) is 6.07 Å². The summed E-state index contributed by atoms with van der Waals surface area (Å²) in [5.74, 6) is 0. The molecule has 0 aliphatic rings. The summed E-state index contributed by atoms with van der Waals surface area (Å²) in [6.45, 7) is 8.30. The Hall–Kier alpha value is -2.47. The minimum atomic E-state index is 0.669. The van der Waals surface area contributed by atoms with Crippen molar-refractivity contribution in [2.45, 2.75) is 20.8 Å². The van der Waals surface area contributed by atoms with Crippen molar-refractivity contribution in [3.8, 4) is 6.07 Å². The molecule has 0 fully saturated rings. The van der Waals surface area contributed by atoms with Gasteiger partial charge in [0.25, 0.3) is 0 Å². The van der Waals surface area contributed by atoms with Crippen LogP contribution in [0.4, 0.5) is 17.1 Å². The maximum Gasteiger partial charge on any atom is 0.101 e. The minimum Gasteiger partial charge on any atom is -0.372 e. The van der Waals surface area contributed by atoms with Crippen LogP contribution in [-0.4, -0.2) is 13.1 Å². The fourth-order valence-electron chi connectivity index (χ4n) is 2.36. The maximum atomic E-state index is 9.20. The highest BCUT2D eigenvalue weighted by atomic mass is 15.1. The average molecular weight is 279 g/mol. The van der Waals surface area contributed by atoms with Crippen LogP contribution in [0.25, 0.3) is 0 Å². The summed E-state index contributed by atoms with van der Waals surface area (Å²) < 4.78 is 0. The predicted molar refractivity (Wildman–Crippen MR) is 89.2 cm³/mol. The van der Waals surface area contributed by atoms with Crippen LogP contribution >= 0.6 is 0 Å². The number of anilines is 3. The summed E-state index contributed by atoms with van der Waals surface area (Å²) in [5, 5.41) is 12.5. The first kappa shape index (κ1) is 14.9. The van der Waals surface area contributed by atoms with Crippen LogP contribution in [0, 0.1) is 18.3 Å². The molecule has 0 aliphatic carbocycles. The lowest BCUT2D eigenvalue weighted by Crippen LogP contribution is -2.21. The zero-order chi connectivity index (χ0) is 15.2. The van der Waals surface area contributed by atoms with Crippen molar-refractivity contribution < 1.29 is 0 Å².